The molecule has 1 amide bonds. The highest BCUT2D eigenvalue weighted by atomic mass is 32.2. The van der Waals surface area contributed by atoms with Crippen molar-refractivity contribution in [1.82, 2.24) is 5.06 Å². The lowest BCUT2D eigenvalue weighted by Crippen LogP contribution is -2.43. The van der Waals surface area contributed by atoms with Gasteiger partial charge in [-0.3, -0.25) is 4.79 Å². The molecule has 0 bridgehead atoms. The number of hydrogen-bond donors (Lipinski definition) is 1. The van der Waals surface area contributed by atoms with Crippen molar-refractivity contribution in [1.29, 1.82) is 0 Å². The van der Waals surface area contributed by atoms with Gasteiger partial charge in [0.1, 0.15) is 0 Å². The first-order valence-electron chi connectivity index (χ1n) is 5.90. The predicted molar refractivity (Wildman–Crippen MR) is 68.5 cm³/mol. The first-order chi connectivity index (χ1) is 9.33. The fraction of sp³-hybridized carbons (Fsp3) is 0.333. The molecular formula is C12H13NO6S. The summed E-state index contributed by atoms with van der Waals surface area (Å²) >= 11 is 0. The van der Waals surface area contributed by atoms with Gasteiger partial charge in [-0.2, -0.15) is 13.5 Å². The molecule has 8 heteroatoms. The van der Waals surface area contributed by atoms with E-state index < -0.39 is 27.2 Å². The quantitative estimate of drug-likeness (QED) is 0.870. The van der Waals surface area contributed by atoms with Crippen LogP contribution in [-0.4, -0.2) is 42.3 Å². The van der Waals surface area contributed by atoms with Crippen molar-refractivity contribution < 1.29 is 27.4 Å². The third-order valence-corrected chi connectivity index (χ3v) is 4.65. The normalized spacial score (nSPS) is 21.4. The first kappa shape index (κ1) is 14.5. The molecule has 1 aromatic carbocycles. The Morgan fingerprint density at radius 1 is 1.30 bits per heavy atom. The summed E-state index contributed by atoms with van der Waals surface area (Å²) < 4.78 is 27.9. The van der Waals surface area contributed by atoms with E-state index in [9.17, 15) is 18.0 Å². The number of rotatable bonds is 2. The van der Waals surface area contributed by atoms with Crippen LogP contribution in [0.3, 0.4) is 0 Å². The summed E-state index contributed by atoms with van der Waals surface area (Å²) in [6.07, 6.45) is 0.239. The van der Waals surface area contributed by atoms with Crippen LogP contribution in [0.25, 0.3) is 0 Å². The molecule has 2 rings (SSSR count). The smallest absolute Gasteiger partial charge is 0.336 e. The maximum absolute atomic E-state index is 12.2. The van der Waals surface area contributed by atoms with E-state index >= 15 is 0 Å². The number of nitrogens with zero attached hydrogens (tertiary/aromatic N) is 1. The predicted octanol–water partition coefficient (Wildman–Crippen LogP) is 0.881. The zero-order valence-electron chi connectivity index (χ0n) is 10.6. The van der Waals surface area contributed by atoms with E-state index in [0.717, 1.165) is 0 Å². The number of amides is 1. The minimum Gasteiger partial charge on any atom is -0.478 e. The summed E-state index contributed by atoms with van der Waals surface area (Å²) in [6.45, 7) is 1.58. The zero-order valence-corrected chi connectivity index (χ0v) is 11.5. The van der Waals surface area contributed by atoms with E-state index in [2.05, 4.69) is 0 Å². The Bertz CT molecular complexity index is 654. The van der Waals surface area contributed by atoms with E-state index in [1.54, 1.807) is 0 Å². The topological polar surface area (TPSA) is 101 Å². The van der Waals surface area contributed by atoms with Crippen molar-refractivity contribution in [3.8, 4) is 0 Å². The Labute approximate surface area is 115 Å². The molecular weight excluding hydrogens is 286 g/mol. The second-order valence-electron chi connectivity index (χ2n) is 4.42. The van der Waals surface area contributed by atoms with Crippen LogP contribution >= 0.6 is 0 Å². The molecule has 1 aliphatic heterocycles. The first-order valence-corrected chi connectivity index (χ1v) is 7.37. The molecule has 20 heavy (non-hydrogen) atoms. The van der Waals surface area contributed by atoms with Crippen molar-refractivity contribution >= 4 is 22.0 Å². The fourth-order valence-electron chi connectivity index (χ4n) is 1.81. The summed E-state index contributed by atoms with van der Waals surface area (Å²) in [5.74, 6) is -2.04. The standard InChI is InChI=1S/C12H13NO6S/c1-8-6-7-13(19-20(8,17)18)11(14)9-4-2-3-5-10(9)12(15)16/h2-5,8H,6-7H2,1H3,(H,15,16). The van der Waals surface area contributed by atoms with E-state index in [0.29, 0.717) is 5.06 Å². The fourth-order valence-corrected chi connectivity index (χ4v) is 2.74. The highest BCUT2D eigenvalue weighted by Gasteiger charge is 2.35. The molecule has 7 nitrogen and oxygen atoms in total. The van der Waals surface area contributed by atoms with Crippen LogP contribution in [0.4, 0.5) is 0 Å². The summed E-state index contributed by atoms with van der Waals surface area (Å²) in [5, 5.41) is 9.03. The molecule has 1 saturated heterocycles. The van der Waals surface area contributed by atoms with Gasteiger partial charge in [0.2, 0.25) is 0 Å². The lowest BCUT2D eigenvalue weighted by molar-refractivity contribution is -0.0381. The summed E-state index contributed by atoms with van der Waals surface area (Å²) in [6, 6.07) is 5.58. The van der Waals surface area contributed by atoms with Crippen molar-refractivity contribution in [3.05, 3.63) is 35.4 Å². The Morgan fingerprint density at radius 3 is 2.45 bits per heavy atom. The van der Waals surface area contributed by atoms with E-state index in [-0.39, 0.29) is 24.1 Å². The van der Waals surface area contributed by atoms with Gasteiger partial charge in [0.25, 0.3) is 16.0 Å². The van der Waals surface area contributed by atoms with Gasteiger partial charge in [-0.05, 0) is 25.5 Å². The van der Waals surface area contributed by atoms with Crippen LogP contribution in [0.2, 0.25) is 0 Å². The molecule has 0 radical (unpaired) electrons. The van der Waals surface area contributed by atoms with Gasteiger partial charge in [0.05, 0.1) is 22.9 Å². The number of carboxylic acids is 1. The van der Waals surface area contributed by atoms with Gasteiger partial charge < -0.3 is 5.11 Å². The number of aromatic carboxylic acids is 1. The SMILES string of the molecule is CC1CCN(C(=O)c2ccccc2C(=O)O)OS1(=O)=O. The van der Waals surface area contributed by atoms with Crippen molar-refractivity contribution in [2.75, 3.05) is 6.54 Å². The number of benzene rings is 1. The summed E-state index contributed by atoms with van der Waals surface area (Å²) in [4.78, 5) is 23.3. The van der Waals surface area contributed by atoms with Crippen LogP contribution in [-0.2, 0) is 14.4 Å². The molecule has 1 atom stereocenters. The summed E-state index contributed by atoms with van der Waals surface area (Å²) in [5.41, 5.74) is -0.304. The highest BCUT2D eigenvalue weighted by Crippen LogP contribution is 2.21. The second-order valence-corrected chi connectivity index (χ2v) is 6.36. The van der Waals surface area contributed by atoms with E-state index in [1.165, 1.54) is 31.2 Å². The maximum Gasteiger partial charge on any atom is 0.336 e. The summed E-state index contributed by atoms with van der Waals surface area (Å²) in [7, 11) is -3.84. The molecule has 0 saturated carbocycles. The molecule has 1 fully saturated rings. The molecule has 108 valence electrons. The molecule has 0 spiro atoms. The number of hydrogen-bond acceptors (Lipinski definition) is 5. The van der Waals surface area contributed by atoms with Gasteiger partial charge in [0.15, 0.2) is 0 Å². The van der Waals surface area contributed by atoms with Crippen molar-refractivity contribution in [2.24, 2.45) is 0 Å². The van der Waals surface area contributed by atoms with Gasteiger partial charge >= 0.3 is 5.97 Å². The monoisotopic (exact) mass is 299 g/mol. The number of hydroxylamine groups is 2. The van der Waals surface area contributed by atoms with Crippen molar-refractivity contribution in [3.63, 3.8) is 0 Å². The van der Waals surface area contributed by atoms with Crippen LogP contribution in [0, 0.1) is 0 Å². The molecule has 0 aromatic heterocycles. The van der Waals surface area contributed by atoms with Crippen molar-refractivity contribution in [2.45, 2.75) is 18.6 Å². The molecule has 1 aromatic rings. The Balaban J connectivity index is 2.31. The highest BCUT2D eigenvalue weighted by molar-refractivity contribution is 7.87. The van der Waals surface area contributed by atoms with Gasteiger partial charge in [-0.1, -0.05) is 12.1 Å². The maximum atomic E-state index is 12.2. The number of carbonyl (C=O) groups is 2. The van der Waals surface area contributed by atoms with Gasteiger partial charge in [-0.15, -0.1) is 4.28 Å². The third-order valence-electron chi connectivity index (χ3n) is 3.04. The molecule has 1 unspecified atom stereocenters. The lowest BCUT2D eigenvalue weighted by atomic mass is 10.1. The Kier molecular flexibility index (Phi) is 3.78. The van der Waals surface area contributed by atoms with Gasteiger partial charge in [0, 0.05) is 0 Å². The zero-order chi connectivity index (χ0) is 14.9. The largest absolute Gasteiger partial charge is 0.478 e. The molecule has 1 heterocycles. The number of carboxylic acid groups (broad SMARTS) is 1. The van der Waals surface area contributed by atoms with Crippen LogP contribution in [0.5, 0.6) is 0 Å². The number of carbonyl (C=O) groups excluding carboxylic acids is 1. The van der Waals surface area contributed by atoms with Gasteiger partial charge in [-0.25, -0.2) is 4.79 Å². The minimum absolute atomic E-state index is 0.0905. The van der Waals surface area contributed by atoms with Crippen LogP contribution < -0.4 is 0 Å². The van der Waals surface area contributed by atoms with E-state index in [4.69, 9.17) is 9.39 Å². The average molecular weight is 299 g/mol. The minimum atomic E-state index is -3.84. The second kappa shape index (κ2) is 5.22. The Hall–Kier alpha value is -1.93. The third kappa shape index (κ3) is 2.66. The molecule has 0 aliphatic carbocycles. The molecule has 1 aliphatic rings. The molecule has 1 N–H and O–H groups in total. The van der Waals surface area contributed by atoms with Crippen LogP contribution in [0.15, 0.2) is 24.3 Å². The Morgan fingerprint density at radius 2 is 1.90 bits per heavy atom. The average Bonchev–Trinajstić information content (AvgIpc) is 2.41. The van der Waals surface area contributed by atoms with E-state index in [1.807, 2.05) is 0 Å². The van der Waals surface area contributed by atoms with Crippen LogP contribution in [0.1, 0.15) is 34.1 Å². The lowest BCUT2D eigenvalue weighted by Gasteiger charge is -2.28.